The fourth-order valence-electron chi connectivity index (χ4n) is 1.97. The molecule has 0 aromatic rings. The summed E-state index contributed by atoms with van der Waals surface area (Å²) in [5.41, 5.74) is 3.36. The van der Waals surface area contributed by atoms with E-state index < -0.39 is 29.4 Å². The van der Waals surface area contributed by atoms with Crippen LogP contribution in [0.2, 0.25) is 0 Å². The van der Waals surface area contributed by atoms with E-state index in [0.29, 0.717) is 6.42 Å². The third-order valence-corrected chi connectivity index (χ3v) is 2.75. The first-order chi connectivity index (χ1) is 7.47. The second-order valence-electron chi connectivity index (χ2n) is 3.71. The molecule has 6 amide bonds. The van der Waals surface area contributed by atoms with Gasteiger partial charge in [0, 0.05) is 6.54 Å². The molecule has 1 atom stereocenters. The minimum Gasteiger partial charge on any atom is -0.351 e. The van der Waals surface area contributed by atoms with E-state index in [1.54, 1.807) is 0 Å². The van der Waals surface area contributed by atoms with E-state index in [4.69, 9.17) is 5.73 Å². The lowest BCUT2D eigenvalue weighted by Gasteiger charge is -2.34. The Labute approximate surface area is 90.1 Å². The summed E-state index contributed by atoms with van der Waals surface area (Å²) in [7, 11) is 0. The molecular weight excluding hydrogens is 216 g/mol. The molecule has 2 aliphatic heterocycles. The molecule has 0 aromatic carbocycles. The van der Waals surface area contributed by atoms with E-state index in [-0.39, 0.29) is 13.0 Å². The lowest BCUT2D eigenvalue weighted by molar-refractivity contribution is -0.143. The van der Waals surface area contributed by atoms with E-state index in [2.05, 4.69) is 5.32 Å². The van der Waals surface area contributed by atoms with E-state index in [1.807, 2.05) is 5.32 Å². The van der Waals surface area contributed by atoms with Gasteiger partial charge in [-0.3, -0.25) is 19.8 Å². The second kappa shape index (κ2) is 3.19. The van der Waals surface area contributed by atoms with Crippen molar-refractivity contribution < 1.29 is 19.2 Å². The van der Waals surface area contributed by atoms with Crippen LogP contribution in [0.1, 0.15) is 12.8 Å². The number of carbonyl (C=O) groups excluding carboxylic acids is 4. The summed E-state index contributed by atoms with van der Waals surface area (Å²) in [6.45, 7) is 0.166. The quantitative estimate of drug-likeness (QED) is 0.335. The van der Waals surface area contributed by atoms with Gasteiger partial charge in [0.15, 0.2) is 0 Å². The number of nitrogens with one attached hydrogen (secondary N) is 2. The van der Waals surface area contributed by atoms with Gasteiger partial charge < -0.3 is 11.1 Å². The van der Waals surface area contributed by atoms with Gasteiger partial charge in [0.25, 0.3) is 11.8 Å². The van der Waals surface area contributed by atoms with Gasteiger partial charge in [-0.2, -0.15) is 0 Å². The normalized spacial score (nSPS) is 29.2. The summed E-state index contributed by atoms with van der Waals surface area (Å²) < 4.78 is 0. The average Bonchev–Trinajstić information content (AvgIpc) is 2.47. The standard InChI is InChI=1S/C8H10N4O4/c9-6(15)12-3-1-2-8(5(12)14)4(13)10-7(16)11-8/h1-3H2,(H2,9,15)(H2,10,11,13,16). The van der Waals surface area contributed by atoms with Gasteiger partial charge in [0.2, 0.25) is 5.54 Å². The number of likely N-dealkylation sites (tertiary alicyclic amines) is 1. The molecule has 4 N–H and O–H groups in total. The molecule has 0 aromatic heterocycles. The number of imide groups is 2. The molecule has 0 bridgehead atoms. The minimum absolute atomic E-state index is 0.166. The van der Waals surface area contributed by atoms with Crippen molar-refractivity contribution in [2.24, 2.45) is 5.73 Å². The maximum atomic E-state index is 11.9. The van der Waals surface area contributed by atoms with Crippen molar-refractivity contribution >= 4 is 23.9 Å². The summed E-state index contributed by atoms with van der Waals surface area (Å²) in [6.07, 6.45) is 0.593. The fourth-order valence-corrected chi connectivity index (χ4v) is 1.97. The number of hydrogen-bond donors (Lipinski definition) is 3. The predicted octanol–water partition coefficient (Wildman–Crippen LogP) is -1.73. The highest BCUT2D eigenvalue weighted by molar-refractivity contribution is 6.22. The third kappa shape index (κ3) is 1.23. The number of primary amides is 1. The Bertz CT molecular complexity index is 407. The summed E-state index contributed by atoms with van der Waals surface area (Å²) in [6, 6.07) is -1.65. The number of urea groups is 2. The lowest BCUT2D eigenvalue weighted by atomic mass is 9.88. The van der Waals surface area contributed by atoms with Crippen LogP contribution in [0.25, 0.3) is 0 Å². The number of carbonyl (C=O) groups is 4. The maximum absolute atomic E-state index is 11.9. The smallest absolute Gasteiger partial charge is 0.322 e. The highest BCUT2D eigenvalue weighted by atomic mass is 16.2. The van der Waals surface area contributed by atoms with Crippen molar-refractivity contribution in [3.63, 3.8) is 0 Å². The van der Waals surface area contributed by atoms with E-state index in [9.17, 15) is 19.2 Å². The largest absolute Gasteiger partial charge is 0.351 e. The van der Waals surface area contributed by atoms with Gasteiger partial charge in [0.05, 0.1) is 0 Å². The third-order valence-electron chi connectivity index (χ3n) is 2.75. The Hall–Kier alpha value is -2.12. The number of amides is 6. The molecule has 1 unspecified atom stereocenters. The minimum atomic E-state index is -1.65. The molecule has 1 spiro atoms. The highest BCUT2D eigenvalue weighted by Gasteiger charge is 2.56. The van der Waals surface area contributed by atoms with Gasteiger partial charge in [0.1, 0.15) is 0 Å². The summed E-state index contributed by atoms with van der Waals surface area (Å²) in [5, 5.41) is 4.23. The summed E-state index contributed by atoms with van der Waals surface area (Å²) in [4.78, 5) is 46.2. The van der Waals surface area contributed by atoms with Crippen LogP contribution in [-0.4, -0.2) is 40.9 Å². The Morgan fingerprint density at radius 1 is 1.38 bits per heavy atom. The van der Waals surface area contributed by atoms with Crippen molar-refractivity contribution in [1.29, 1.82) is 0 Å². The topological polar surface area (TPSA) is 122 Å². The average molecular weight is 226 g/mol. The molecule has 0 saturated carbocycles. The zero-order valence-electron chi connectivity index (χ0n) is 8.28. The molecule has 2 aliphatic rings. The molecule has 2 fully saturated rings. The van der Waals surface area contributed by atoms with Crippen LogP contribution in [0.15, 0.2) is 0 Å². The maximum Gasteiger partial charge on any atom is 0.322 e. The molecule has 86 valence electrons. The van der Waals surface area contributed by atoms with Crippen LogP contribution in [0.3, 0.4) is 0 Å². The Balaban J connectivity index is 2.35. The van der Waals surface area contributed by atoms with Crippen LogP contribution in [0.5, 0.6) is 0 Å². The van der Waals surface area contributed by atoms with E-state index >= 15 is 0 Å². The van der Waals surface area contributed by atoms with Crippen molar-refractivity contribution in [2.75, 3.05) is 6.54 Å². The first kappa shape index (κ1) is 10.4. The molecule has 0 radical (unpaired) electrons. The van der Waals surface area contributed by atoms with Crippen LogP contribution >= 0.6 is 0 Å². The van der Waals surface area contributed by atoms with Gasteiger partial charge in [-0.1, -0.05) is 0 Å². The zero-order valence-corrected chi connectivity index (χ0v) is 8.28. The molecule has 2 saturated heterocycles. The van der Waals surface area contributed by atoms with Crippen molar-refractivity contribution in [2.45, 2.75) is 18.4 Å². The van der Waals surface area contributed by atoms with Crippen molar-refractivity contribution in [1.82, 2.24) is 15.5 Å². The van der Waals surface area contributed by atoms with Gasteiger partial charge in [-0.05, 0) is 12.8 Å². The van der Waals surface area contributed by atoms with Crippen LogP contribution in [0.4, 0.5) is 9.59 Å². The Kier molecular flexibility index (Phi) is 2.07. The molecule has 16 heavy (non-hydrogen) atoms. The first-order valence-electron chi connectivity index (χ1n) is 4.72. The van der Waals surface area contributed by atoms with Crippen molar-refractivity contribution in [3.8, 4) is 0 Å². The number of piperidine rings is 1. The van der Waals surface area contributed by atoms with Crippen molar-refractivity contribution in [3.05, 3.63) is 0 Å². The number of rotatable bonds is 0. The molecule has 2 heterocycles. The molecular formula is C8H10N4O4. The summed E-state index contributed by atoms with van der Waals surface area (Å²) in [5.74, 6) is -1.50. The number of hydrogen-bond acceptors (Lipinski definition) is 4. The highest BCUT2D eigenvalue weighted by Crippen LogP contribution is 2.25. The van der Waals surface area contributed by atoms with Crippen LogP contribution < -0.4 is 16.4 Å². The van der Waals surface area contributed by atoms with Gasteiger partial charge >= 0.3 is 12.1 Å². The van der Waals surface area contributed by atoms with Gasteiger partial charge in [-0.15, -0.1) is 0 Å². The lowest BCUT2D eigenvalue weighted by Crippen LogP contribution is -2.64. The summed E-state index contributed by atoms with van der Waals surface area (Å²) >= 11 is 0. The molecule has 8 nitrogen and oxygen atoms in total. The van der Waals surface area contributed by atoms with Crippen LogP contribution in [0, 0.1) is 0 Å². The predicted molar refractivity (Wildman–Crippen MR) is 49.9 cm³/mol. The molecule has 2 rings (SSSR count). The van der Waals surface area contributed by atoms with Gasteiger partial charge in [-0.25, -0.2) is 9.59 Å². The SMILES string of the molecule is NC(=O)N1CCCC2(NC(=O)NC2=O)C1=O. The monoisotopic (exact) mass is 226 g/mol. The zero-order chi connectivity index (χ0) is 11.9. The van der Waals surface area contributed by atoms with E-state index in [1.165, 1.54) is 0 Å². The number of nitrogens with zero attached hydrogens (tertiary/aromatic N) is 1. The van der Waals surface area contributed by atoms with E-state index in [0.717, 1.165) is 4.90 Å². The Morgan fingerprint density at radius 3 is 2.56 bits per heavy atom. The number of nitrogens with two attached hydrogens (primary N) is 1. The first-order valence-corrected chi connectivity index (χ1v) is 4.72. The second-order valence-corrected chi connectivity index (χ2v) is 3.71. The fraction of sp³-hybridized carbons (Fsp3) is 0.500. The Morgan fingerprint density at radius 2 is 2.06 bits per heavy atom. The molecule has 0 aliphatic carbocycles. The molecule has 8 heteroatoms. The van der Waals surface area contributed by atoms with Crippen LogP contribution in [-0.2, 0) is 9.59 Å².